The Balaban J connectivity index is 2.07. The third-order valence-corrected chi connectivity index (χ3v) is 6.52. The van der Waals surface area contributed by atoms with Gasteiger partial charge in [-0.15, -0.1) is 0 Å². The molecule has 0 radical (unpaired) electrons. The molecular weight excluding hydrogens is 391 g/mol. The fraction of sp³-hybridized carbons (Fsp3) is 0.533. The lowest BCUT2D eigenvalue weighted by Crippen LogP contribution is -2.46. The lowest BCUT2D eigenvalue weighted by molar-refractivity contribution is -0.118. The Bertz CT molecular complexity index is 729. The normalized spacial score (nSPS) is 20.6. The van der Waals surface area contributed by atoms with E-state index in [-0.39, 0.29) is 35.7 Å². The summed E-state index contributed by atoms with van der Waals surface area (Å²) in [6.07, 6.45) is -0.683. The molecule has 1 amide bonds. The number of aliphatic hydroxyl groups is 2. The van der Waals surface area contributed by atoms with E-state index in [9.17, 15) is 18.3 Å². The molecule has 1 aliphatic heterocycles. The minimum Gasteiger partial charge on any atom is -0.394 e. The van der Waals surface area contributed by atoms with Gasteiger partial charge in [0.1, 0.15) is 0 Å². The lowest BCUT2D eigenvalue weighted by atomic mass is 10.2. The average molecular weight is 411 g/mol. The Morgan fingerprint density at radius 1 is 1.40 bits per heavy atom. The second kappa shape index (κ2) is 8.66. The first-order valence-corrected chi connectivity index (χ1v) is 10.3. The predicted molar refractivity (Wildman–Crippen MR) is 96.8 cm³/mol. The summed E-state index contributed by atoms with van der Waals surface area (Å²) in [5, 5.41) is 21.9. The van der Waals surface area contributed by atoms with Gasteiger partial charge in [-0.05, 0) is 18.6 Å². The van der Waals surface area contributed by atoms with E-state index in [4.69, 9.17) is 28.3 Å². The minimum atomic E-state index is -3.15. The number of nitrogens with zero attached hydrogens (tertiary/aromatic N) is 1. The number of carbonyl (C=O) groups is 1. The monoisotopic (exact) mass is 410 g/mol. The van der Waals surface area contributed by atoms with Crippen molar-refractivity contribution in [2.24, 2.45) is 0 Å². The van der Waals surface area contributed by atoms with E-state index in [2.05, 4.69) is 5.32 Å². The summed E-state index contributed by atoms with van der Waals surface area (Å²) in [6.45, 7) is -0.620. The van der Waals surface area contributed by atoms with Gasteiger partial charge in [-0.25, -0.2) is 8.42 Å². The van der Waals surface area contributed by atoms with Gasteiger partial charge in [0.15, 0.2) is 9.84 Å². The molecule has 1 aromatic rings. The van der Waals surface area contributed by atoms with E-state index in [1.165, 1.54) is 0 Å². The number of amides is 1. The first kappa shape index (κ1) is 20.4. The molecule has 7 nitrogen and oxygen atoms in total. The molecular formula is C15H20Cl2N2O5S. The van der Waals surface area contributed by atoms with Crippen LogP contribution in [0.2, 0.25) is 10.0 Å². The van der Waals surface area contributed by atoms with Crippen LogP contribution in [0.1, 0.15) is 6.42 Å². The number of anilines is 1. The Morgan fingerprint density at radius 3 is 2.72 bits per heavy atom. The molecule has 10 heteroatoms. The zero-order chi connectivity index (χ0) is 18.6. The number of benzene rings is 1. The van der Waals surface area contributed by atoms with Gasteiger partial charge in [-0.2, -0.15) is 0 Å². The molecule has 1 heterocycles. The third-order valence-electron chi connectivity index (χ3n) is 3.95. The van der Waals surface area contributed by atoms with Crippen LogP contribution in [0, 0.1) is 0 Å². The first-order valence-electron chi connectivity index (χ1n) is 7.69. The maximum Gasteiger partial charge on any atom is 0.238 e. The molecule has 0 bridgehead atoms. The SMILES string of the molecule is O=C(CN(CC(O)CO)C1CCS(=O)(=O)C1)Nc1cccc(Cl)c1Cl. The summed E-state index contributed by atoms with van der Waals surface area (Å²) in [4.78, 5) is 13.9. The van der Waals surface area contributed by atoms with Crippen LogP contribution in [0.4, 0.5) is 5.69 Å². The van der Waals surface area contributed by atoms with Gasteiger partial charge in [0, 0.05) is 12.6 Å². The molecule has 140 valence electrons. The van der Waals surface area contributed by atoms with Gasteiger partial charge in [0.2, 0.25) is 5.91 Å². The second-order valence-corrected chi connectivity index (χ2v) is 8.99. The molecule has 0 spiro atoms. The summed E-state index contributed by atoms with van der Waals surface area (Å²) in [7, 11) is -3.15. The van der Waals surface area contributed by atoms with Crippen LogP contribution in [-0.4, -0.2) is 72.8 Å². The van der Waals surface area contributed by atoms with Gasteiger partial charge >= 0.3 is 0 Å². The quantitative estimate of drug-likeness (QED) is 0.612. The second-order valence-electron chi connectivity index (χ2n) is 5.97. The number of carbonyl (C=O) groups excluding carboxylic acids is 1. The highest BCUT2D eigenvalue weighted by Crippen LogP contribution is 2.29. The van der Waals surface area contributed by atoms with Crippen LogP contribution in [0.25, 0.3) is 0 Å². The van der Waals surface area contributed by atoms with Gasteiger partial charge in [0.05, 0.1) is 46.5 Å². The number of aliphatic hydroxyl groups excluding tert-OH is 2. The predicted octanol–water partition coefficient (Wildman–Crippen LogP) is 0.774. The van der Waals surface area contributed by atoms with Crippen LogP contribution in [0.15, 0.2) is 18.2 Å². The summed E-state index contributed by atoms with van der Waals surface area (Å²) in [5.74, 6) is -0.444. The van der Waals surface area contributed by atoms with Crippen LogP contribution in [0.3, 0.4) is 0 Å². The van der Waals surface area contributed by atoms with E-state index in [0.717, 1.165) is 0 Å². The number of hydrogen-bond acceptors (Lipinski definition) is 6. The number of sulfone groups is 1. The van der Waals surface area contributed by atoms with Crippen molar-refractivity contribution in [1.29, 1.82) is 0 Å². The molecule has 1 aliphatic rings. The lowest BCUT2D eigenvalue weighted by Gasteiger charge is -2.29. The Hall–Kier alpha value is -0.900. The molecule has 2 atom stereocenters. The number of halogens is 2. The van der Waals surface area contributed by atoms with E-state index in [0.29, 0.717) is 17.1 Å². The summed E-state index contributed by atoms with van der Waals surface area (Å²) in [6, 6.07) is 4.44. The molecule has 2 rings (SSSR count). The molecule has 0 aliphatic carbocycles. The van der Waals surface area contributed by atoms with Crippen molar-refractivity contribution in [3.63, 3.8) is 0 Å². The van der Waals surface area contributed by atoms with Gasteiger partial charge in [-0.3, -0.25) is 9.69 Å². The number of hydrogen-bond donors (Lipinski definition) is 3. The number of nitrogens with one attached hydrogen (secondary N) is 1. The summed E-state index contributed by atoms with van der Waals surface area (Å²) in [5.41, 5.74) is 0.348. The minimum absolute atomic E-state index is 0.00656. The third kappa shape index (κ3) is 5.80. The van der Waals surface area contributed by atoms with Gasteiger partial charge in [-0.1, -0.05) is 29.3 Å². The molecule has 0 aromatic heterocycles. The van der Waals surface area contributed by atoms with Gasteiger partial charge in [0.25, 0.3) is 0 Å². The van der Waals surface area contributed by atoms with Crippen molar-refractivity contribution in [1.82, 2.24) is 4.90 Å². The molecule has 0 saturated carbocycles. The van der Waals surface area contributed by atoms with Crippen LogP contribution in [-0.2, 0) is 14.6 Å². The zero-order valence-corrected chi connectivity index (χ0v) is 15.7. The molecule has 25 heavy (non-hydrogen) atoms. The number of rotatable bonds is 7. The van der Waals surface area contributed by atoms with Crippen molar-refractivity contribution >= 4 is 44.6 Å². The van der Waals surface area contributed by atoms with E-state index in [1.807, 2.05) is 0 Å². The summed E-state index contributed by atoms with van der Waals surface area (Å²) < 4.78 is 23.4. The van der Waals surface area contributed by atoms with E-state index >= 15 is 0 Å². The molecule has 1 fully saturated rings. The largest absolute Gasteiger partial charge is 0.394 e. The van der Waals surface area contributed by atoms with Crippen LogP contribution < -0.4 is 5.32 Å². The van der Waals surface area contributed by atoms with Crippen molar-refractivity contribution in [3.05, 3.63) is 28.2 Å². The highest BCUT2D eigenvalue weighted by Gasteiger charge is 2.33. The van der Waals surface area contributed by atoms with Crippen LogP contribution >= 0.6 is 23.2 Å². The highest BCUT2D eigenvalue weighted by atomic mass is 35.5. The topological polar surface area (TPSA) is 107 Å². The summed E-state index contributed by atoms with van der Waals surface area (Å²) >= 11 is 11.9. The van der Waals surface area contributed by atoms with Crippen molar-refractivity contribution in [3.8, 4) is 0 Å². The maximum absolute atomic E-state index is 12.3. The molecule has 1 saturated heterocycles. The first-order chi connectivity index (χ1) is 11.7. The van der Waals surface area contributed by atoms with Crippen molar-refractivity contribution < 1.29 is 23.4 Å². The Labute approximate surface area is 156 Å². The van der Waals surface area contributed by atoms with Crippen molar-refractivity contribution in [2.75, 3.05) is 36.5 Å². The smallest absolute Gasteiger partial charge is 0.238 e. The average Bonchev–Trinajstić information content (AvgIpc) is 2.91. The molecule has 1 aromatic carbocycles. The van der Waals surface area contributed by atoms with Crippen LogP contribution in [0.5, 0.6) is 0 Å². The van der Waals surface area contributed by atoms with Crippen molar-refractivity contribution in [2.45, 2.75) is 18.6 Å². The standard InChI is InChI=1S/C15H20Cl2N2O5S/c16-12-2-1-3-13(15(12)17)18-14(22)7-19(6-11(21)8-20)10-4-5-25(23,24)9-10/h1-3,10-11,20-21H,4-9H2,(H,18,22). The molecule has 3 N–H and O–H groups in total. The van der Waals surface area contributed by atoms with Gasteiger partial charge < -0.3 is 15.5 Å². The van der Waals surface area contributed by atoms with E-state index < -0.39 is 28.5 Å². The maximum atomic E-state index is 12.3. The highest BCUT2D eigenvalue weighted by molar-refractivity contribution is 7.91. The molecule has 2 unspecified atom stereocenters. The van der Waals surface area contributed by atoms with E-state index in [1.54, 1.807) is 23.1 Å². The zero-order valence-electron chi connectivity index (χ0n) is 13.4. The fourth-order valence-corrected chi connectivity index (χ4v) is 4.82. The Morgan fingerprint density at radius 2 is 2.12 bits per heavy atom. The Kier molecular flexibility index (Phi) is 7.07. The fourth-order valence-electron chi connectivity index (χ4n) is 2.71.